The van der Waals surface area contributed by atoms with E-state index in [4.69, 9.17) is 0 Å². The van der Waals surface area contributed by atoms with Crippen molar-refractivity contribution in [3.05, 3.63) is 36.2 Å². The number of rotatable bonds is 6. The number of nitrogens with zero attached hydrogens (tertiary/aromatic N) is 3. The summed E-state index contributed by atoms with van der Waals surface area (Å²) in [5.74, 6) is 0. The van der Waals surface area contributed by atoms with E-state index in [1.807, 2.05) is 12.1 Å². The SMILES string of the molecule is O=S(=O)(Nc1ccc(CCN2CCCC2)cc1)c1ncn[nH]1. The molecule has 1 saturated heterocycles. The predicted octanol–water partition coefficient (Wildman–Crippen LogP) is 1.24. The summed E-state index contributed by atoms with van der Waals surface area (Å²) in [5.41, 5.74) is 1.72. The summed E-state index contributed by atoms with van der Waals surface area (Å²) < 4.78 is 26.5. The third kappa shape index (κ3) is 3.63. The number of H-pyrrole nitrogens is 1. The van der Waals surface area contributed by atoms with Gasteiger partial charge >= 0.3 is 0 Å². The first kappa shape index (κ1) is 15.0. The largest absolute Gasteiger partial charge is 0.303 e. The topological polar surface area (TPSA) is 91.0 Å². The van der Waals surface area contributed by atoms with Crippen LogP contribution in [0, 0.1) is 0 Å². The van der Waals surface area contributed by atoms with Crippen molar-refractivity contribution < 1.29 is 8.42 Å². The second-order valence-electron chi connectivity index (χ2n) is 5.39. The Balaban J connectivity index is 1.59. The fourth-order valence-corrected chi connectivity index (χ4v) is 3.46. The number of benzene rings is 1. The monoisotopic (exact) mass is 321 g/mol. The Bertz CT molecular complexity index is 691. The van der Waals surface area contributed by atoms with E-state index in [1.54, 1.807) is 12.1 Å². The first-order valence-electron chi connectivity index (χ1n) is 7.33. The molecule has 8 heteroatoms. The van der Waals surface area contributed by atoms with Crippen molar-refractivity contribution in [1.82, 2.24) is 20.1 Å². The lowest BCUT2D eigenvalue weighted by molar-refractivity contribution is 0.343. The summed E-state index contributed by atoms with van der Waals surface area (Å²) >= 11 is 0. The first-order chi connectivity index (χ1) is 10.6. The van der Waals surface area contributed by atoms with Crippen LogP contribution in [0.25, 0.3) is 0 Å². The van der Waals surface area contributed by atoms with E-state index in [0.29, 0.717) is 5.69 Å². The van der Waals surface area contributed by atoms with Crippen LogP contribution in [0.15, 0.2) is 35.7 Å². The molecule has 0 bridgehead atoms. The van der Waals surface area contributed by atoms with Gasteiger partial charge in [-0.2, -0.15) is 13.5 Å². The molecule has 0 aliphatic carbocycles. The number of sulfonamides is 1. The molecule has 2 N–H and O–H groups in total. The van der Waals surface area contributed by atoms with Crippen LogP contribution in [0.2, 0.25) is 0 Å². The summed E-state index contributed by atoms with van der Waals surface area (Å²) in [4.78, 5) is 6.11. The molecule has 0 amide bonds. The van der Waals surface area contributed by atoms with Crippen LogP contribution in [0.3, 0.4) is 0 Å². The normalized spacial score (nSPS) is 16.0. The number of hydrogen-bond acceptors (Lipinski definition) is 5. The average Bonchev–Trinajstić information content (AvgIpc) is 3.20. The molecule has 2 heterocycles. The van der Waals surface area contributed by atoms with E-state index in [1.165, 1.54) is 31.5 Å². The Morgan fingerprint density at radius 1 is 1.18 bits per heavy atom. The van der Waals surface area contributed by atoms with Crippen LogP contribution in [0.5, 0.6) is 0 Å². The van der Waals surface area contributed by atoms with Crippen molar-refractivity contribution >= 4 is 15.7 Å². The zero-order chi connectivity index (χ0) is 15.4. The first-order valence-corrected chi connectivity index (χ1v) is 8.81. The molecule has 7 nitrogen and oxygen atoms in total. The molecule has 0 unspecified atom stereocenters. The average molecular weight is 321 g/mol. The molecule has 1 aromatic carbocycles. The molecule has 118 valence electrons. The van der Waals surface area contributed by atoms with E-state index in [0.717, 1.165) is 19.3 Å². The zero-order valence-corrected chi connectivity index (χ0v) is 13.0. The van der Waals surface area contributed by atoms with Gasteiger partial charge in [0.25, 0.3) is 15.2 Å². The maximum Gasteiger partial charge on any atom is 0.297 e. The van der Waals surface area contributed by atoms with Crippen LogP contribution >= 0.6 is 0 Å². The van der Waals surface area contributed by atoms with Crippen LogP contribution in [-0.4, -0.2) is 48.1 Å². The van der Waals surface area contributed by atoms with Crippen LogP contribution in [0.4, 0.5) is 5.69 Å². The Morgan fingerprint density at radius 3 is 2.55 bits per heavy atom. The van der Waals surface area contributed by atoms with Crippen molar-refractivity contribution in [2.24, 2.45) is 0 Å². The van der Waals surface area contributed by atoms with Gasteiger partial charge in [0, 0.05) is 12.2 Å². The van der Waals surface area contributed by atoms with E-state index < -0.39 is 10.0 Å². The second kappa shape index (κ2) is 6.45. The van der Waals surface area contributed by atoms with Crippen molar-refractivity contribution in [3.63, 3.8) is 0 Å². The minimum Gasteiger partial charge on any atom is -0.303 e. The summed E-state index contributed by atoms with van der Waals surface area (Å²) in [5, 5.41) is 5.70. The highest BCUT2D eigenvalue weighted by Crippen LogP contribution is 2.15. The molecule has 3 rings (SSSR count). The maximum atomic E-state index is 12.0. The molecule has 1 aromatic heterocycles. The maximum absolute atomic E-state index is 12.0. The third-order valence-electron chi connectivity index (χ3n) is 3.77. The lowest BCUT2D eigenvalue weighted by Crippen LogP contribution is -2.21. The Labute approximate surface area is 129 Å². The molecule has 2 aromatic rings. The third-order valence-corrected chi connectivity index (χ3v) is 4.98. The molecule has 1 aliphatic heterocycles. The smallest absolute Gasteiger partial charge is 0.297 e. The van der Waals surface area contributed by atoms with Crippen LogP contribution in [-0.2, 0) is 16.4 Å². The van der Waals surface area contributed by atoms with Gasteiger partial charge < -0.3 is 4.90 Å². The minimum atomic E-state index is -3.70. The lowest BCUT2D eigenvalue weighted by atomic mass is 10.1. The Hall–Kier alpha value is -1.93. The molecular formula is C14H19N5O2S. The van der Waals surface area contributed by atoms with Crippen molar-refractivity contribution in [1.29, 1.82) is 0 Å². The van der Waals surface area contributed by atoms with Gasteiger partial charge in [0.2, 0.25) is 0 Å². The Kier molecular flexibility index (Phi) is 4.39. The van der Waals surface area contributed by atoms with Gasteiger partial charge in [-0.25, -0.2) is 10.1 Å². The number of nitrogens with one attached hydrogen (secondary N) is 2. The molecule has 1 fully saturated rings. The lowest BCUT2D eigenvalue weighted by Gasteiger charge is -2.14. The summed E-state index contributed by atoms with van der Waals surface area (Å²) in [6.45, 7) is 3.44. The van der Waals surface area contributed by atoms with Gasteiger partial charge in [-0.1, -0.05) is 12.1 Å². The van der Waals surface area contributed by atoms with Crippen LogP contribution in [0.1, 0.15) is 18.4 Å². The van der Waals surface area contributed by atoms with E-state index in [-0.39, 0.29) is 5.16 Å². The summed E-state index contributed by atoms with van der Waals surface area (Å²) in [7, 11) is -3.70. The highest BCUT2D eigenvalue weighted by molar-refractivity contribution is 7.92. The summed E-state index contributed by atoms with van der Waals surface area (Å²) in [6, 6.07) is 7.45. The van der Waals surface area contributed by atoms with Gasteiger partial charge in [0.1, 0.15) is 6.33 Å². The molecular weight excluding hydrogens is 302 g/mol. The van der Waals surface area contributed by atoms with Crippen molar-refractivity contribution in [2.45, 2.75) is 24.4 Å². The molecule has 0 spiro atoms. The van der Waals surface area contributed by atoms with Crippen molar-refractivity contribution in [3.8, 4) is 0 Å². The summed E-state index contributed by atoms with van der Waals surface area (Å²) in [6.07, 6.45) is 4.73. The van der Waals surface area contributed by atoms with Gasteiger partial charge in [-0.15, -0.1) is 0 Å². The zero-order valence-electron chi connectivity index (χ0n) is 12.2. The molecule has 1 aliphatic rings. The van der Waals surface area contributed by atoms with E-state index in [9.17, 15) is 8.42 Å². The predicted molar refractivity (Wildman–Crippen MR) is 83.0 cm³/mol. The second-order valence-corrected chi connectivity index (χ2v) is 6.99. The van der Waals surface area contributed by atoms with Crippen LogP contribution < -0.4 is 4.72 Å². The molecule has 0 radical (unpaired) electrons. The van der Waals surface area contributed by atoms with Gasteiger partial charge in [0.15, 0.2) is 0 Å². The highest BCUT2D eigenvalue weighted by Gasteiger charge is 2.17. The van der Waals surface area contributed by atoms with Gasteiger partial charge in [0.05, 0.1) is 0 Å². The number of likely N-dealkylation sites (tertiary alicyclic amines) is 1. The van der Waals surface area contributed by atoms with E-state index in [2.05, 4.69) is 24.8 Å². The standard InChI is InChI=1S/C14H19N5O2S/c20-22(21,14-15-11-16-17-14)18-13-5-3-12(4-6-13)7-10-19-8-1-2-9-19/h3-6,11,18H,1-2,7-10H2,(H,15,16,17). The number of anilines is 1. The fourth-order valence-electron chi connectivity index (χ4n) is 2.56. The number of aromatic amines is 1. The van der Waals surface area contributed by atoms with Gasteiger partial charge in [-0.3, -0.25) is 4.72 Å². The Morgan fingerprint density at radius 2 is 1.91 bits per heavy atom. The fraction of sp³-hybridized carbons (Fsp3) is 0.429. The minimum absolute atomic E-state index is 0.189. The molecule has 0 atom stereocenters. The van der Waals surface area contributed by atoms with E-state index >= 15 is 0 Å². The molecule has 0 saturated carbocycles. The highest BCUT2D eigenvalue weighted by atomic mass is 32.2. The number of aromatic nitrogens is 3. The quantitative estimate of drug-likeness (QED) is 0.835. The van der Waals surface area contributed by atoms with Crippen molar-refractivity contribution in [2.75, 3.05) is 24.4 Å². The molecule has 22 heavy (non-hydrogen) atoms. The van der Waals surface area contributed by atoms with Gasteiger partial charge in [-0.05, 0) is 50.0 Å². The number of hydrogen-bond donors (Lipinski definition) is 2.